The molecule has 0 saturated carbocycles. The molecular formula is C25H26ClN7O2. The fourth-order valence-electron chi connectivity index (χ4n) is 3.73. The zero-order valence-corrected chi connectivity index (χ0v) is 20.5. The summed E-state index contributed by atoms with van der Waals surface area (Å²) in [5.41, 5.74) is 10.6. The second-order valence-corrected chi connectivity index (χ2v) is 9.40. The average Bonchev–Trinajstić information content (AvgIpc) is 3.28. The first-order valence-electron chi connectivity index (χ1n) is 11.1. The van der Waals surface area contributed by atoms with E-state index in [0.717, 1.165) is 22.5 Å². The van der Waals surface area contributed by atoms with E-state index >= 15 is 0 Å². The number of hydrogen-bond acceptors (Lipinski definition) is 7. The first-order valence-corrected chi connectivity index (χ1v) is 11.5. The molecule has 0 aliphatic carbocycles. The molecule has 4 aromatic rings. The van der Waals surface area contributed by atoms with Gasteiger partial charge in [-0.2, -0.15) is 0 Å². The molecule has 180 valence electrons. The second-order valence-electron chi connectivity index (χ2n) is 9.03. The zero-order valence-electron chi connectivity index (χ0n) is 19.7. The van der Waals surface area contributed by atoms with E-state index < -0.39 is 5.97 Å². The third kappa shape index (κ3) is 5.63. The molecule has 10 heteroatoms. The van der Waals surface area contributed by atoms with E-state index in [-0.39, 0.29) is 17.8 Å². The normalized spacial score (nSPS) is 11.5. The smallest absolute Gasteiger partial charge is 0.303 e. The molecule has 35 heavy (non-hydrogen) atoms. The van der Waals surface area contributed by atoms with Gasteiger partial charge in [0.1, 0.15) is 5.69 Å². The maximum Gasteiger partial charge on any atom is 0.303 e. The molecule has 0 bridgehead atoms. The SMILES string of the molecule is Cc1cccc(-c2cc(-c3cn(Cc4cccc(C(C)(C)CCC(=O)O)n4)nn3)nc(N)n2)c1Cl. The Balaban J connectivity index is 1.57. The average molecular weight is 492 g/mol. The van der Waals surface area contributed by atoms with Gasteiger partial charge in [0.2, 0.25) is 5.95 Å². The molecule has 0 fully saturated rings. The van der Waals surface area contributed by atoms with Crippen LogP contribution in [0.25, 0.3) is 22.6 Å². The van der Waals surface area contributed by atoms with Gasteiger partial charge in [-0.25, -0.2) is 14.6 Å². The van der Waals surface area contributed by atoms with Crippen molar-refractivity contribution in [2.45, 2.75) is 45.6 Å². The number of aliphatic carboxylic acids is 1. The standard InChI is InChI=1S/C25H26ClN7O2/c1-15-6-4-8-17(23(15)26)18-12-19(30-24(27)29-18)20-14-33(32-31-20)13-16-7-5-9-21(28-16)25(2,3)11-10-22(34)35/h4-9,12,14H,10-11,13H2,1-3H3,(H,34,35)(H2,27,29,30). The van der Waals surface area contributed by atoms with Crippen LogP contribution in [0, 0.1) is 6.92 Å². The monoisotopic (exact) mass is 491 g/mol. The number of rotatable bonds is 8. The molecule has 0 saturated heterocycles. The summed E-state index contributed by atoms with van der Waals surface area (Å²) in [7, 11) is 0. The molecule has 0 unspecified atom stereocenters. The van der Waals surface area contributed by atoms with Crippen LogP contribution in [0.3, 0.4) is 0 Å². The Morgan fingerprint density at radius 3 is 2.60 bits per heavy atom. The molecular weight excluding hydrogens is 466 g/mol. The first kappa shape index (κ1) is 24.3. The maximum atomic E-state index is 11.0. The van der Waals surface area contributed by atoms with Crippen molar-refractivity contribution in [2.24, 2.45) is 0 Å². The molecule has 1 aromatic carbocycles. The van der Waals surface area contributed by atoms with Crippen molar-refractivity contribution in [3.8, 4) is 22.6 Å². The van der Waals surface area contributed by atoms with Gasteiger partial charge in [0.05, 0.1) is 34.8 Å². The number of carboxylic acid groups (broad SMARTS) is 1. The molecule has 3 heterocycles. The van der Waals surface area contributed by atoms with Crippen molar-refractivity contribution < 1.29 is 9.90 Å². The van der Waals surface area contributed by atoms with Crippen LogP contribution < -0.4 is 5.73 Å². The largest absolute Gasteiger partial charge is 0.481 e. The highest BCUT2D eigenvalue weighted by Gasteiger charge is 2.23. The van der Waals surface area contributed by atoms with Gasteiger partial charge < -0.3 is 10.8 Å². The topological polar surface area (TPSA) is 133 Å². The van der Waals surface area contributed by atoms with E-state index in [4.69, 9.17) is 27.4 Å². The van der Waals surface area contributed by atoms with Crippen molar-refractivity contribution in [2.75, 3.05) is 5.73 Å². The summed E-state index contributed by atoms with van der Waals surface area (Å²) in [6.45, 7) is 6.31. The quantitative estimate of drug-likeness (QED) is 0.367. The third-order valence-electron chi connectivity index (χ3n) is 5.80. The summed E-state index contributed by atoms with van der Waals surface area (Å²) < 4.78 is 1.67. The van der Waals surface area contributed by atoms with Crippen LogP contribution >= 0.6 is 11.6 Å². The van der Waals surface area contributed by atoms with E-state index in [0.29, 0.717) is 35.1 Å². The lowest BCUT2D eigenvalue weighted by Gasteiger charge is -2.23. The number of carboxylic acids is 1. The summed E-state index contributed by atoms with van der Waals surface area (Å²) in [6.07, 6.45) is 2.35. The maximum absolute atomic E-state index is 11.0. The van der Waals surface area contributed by atoms with Gasteiger partial charge in [-0.3, -0.25) is 9.78 Å². The van der Waals surface area contributed by atoms with Crippen LogP contribution in [-0.4, -0.2) is 41.0 Å². The molecule has 3 aromatic heterocycles. The first-order chi connectivity index (χ1) is 16.6. The Hall–Kier alpha value is -3.85. The second kappa shape index (κ2) is 9.79. The molecule has 0 radical (unpaired) electrons. The Kier molecular flexibility index (Phi) is 6.79. The van der Waals surface area contributed by atoms with Crippen LogP contribution in [0.2, 0.25) is 5.02 Å². The number of hydrogen-bond donors (Lipinski definition) is 2. The van der Waals surface area contributed by atoms with Gasteiger partial charge in [-0.05, 0) is 37.1 Å². The van der Waals surface area contributed by atoms with Crippen LogP contribution in [0.4, 0.5) is 5.95 Å². The highest BCUT2D eigenvalue weighted by atomic mass is 35.5. The minimum absolute atomic E-state index is 0.0865. The summed E-state index contributed by atoms with van der Waals surface area (Å²) in [6, 6.07) is 13.2. The Labute approximate surface area is 208 Å². The summed E-state index contributed by atoms with van der Waals surface area (Å²) >= 11 is 6.48. The van der Waals surface area contributed by atoms with Crippen LogP contribution in [0.5, 0.6) is 0 Å². The van der Waals surface area contributed by atoms with E-state index in [1.807, 2.05) is 57.2 Å². The van der Waals surface area contributed by atoms with Crippen molar-refractivity contribution >= 4 is 23.5 Å². The predicted octanol–water partition coefficient (Wildman–Crippen LogP) is 4.53. The van der Waals surface area contributed by atoms with Crippen LogP contribution in [0.1, 0.15) is 43.6 Å². The summed E-state index contributed by atoms with van der Waals surface area (Å²) in [4.78, 5) is 24.4. The number of aryl methyl sites for hydroxylation is 1. The van der Waals surface area contributed by atoms with Gasteiger partial charge in [0.25, 0.3) is 0 Å². The molecule has 4 rings (SSSR count). The van der Waals surface area contributed by atoms with Gasteiger partial charge in [0.15, 0.2) is 0 Å². The molecule has 0 spiro atoms. The minimum Gasteiger partial charge on any atom is -0.481 e. The van der Waals surface area contributed by atoms with Crippen molar-refractivity contribution in [1.29, 1.82) is 0 Å². The number of carbonyl (C=O) groups is 1. The Morgan fingerprint density at radius 2 is 1.83 bits per heavy atom. The predicted molar refractivity (Wildman–Crippen MR) is 134 cm³/mol. The highest BCUT2D eigenvalue weighted by molar-refractivity contribution is 6.34. The Bertz CT molecular complexity index is 1380. The number of pyridine rings is 1. The molecule has 0 atom stereocenters. The number of nitrogens with two attached hydrogens (primary N) is 1. The fourth-order valence-corrected chi connectivity index (χ4v) is 3.95. The number of nitrogen functional groups attached to an aromatic ring is 1. The van der Waals surface area contributed by atoms with Gasteiger partial charge in [0, 0.05) is 23.1 Å². The van der Waals surface area contributed by atoms with E-state index in [1.54, 1.807) is 16.9 Å². The summed E-state index contributed by atoms with van der Waals surface area (Å²) in [5, 5.41) is 18.1. The minimum atomic E-state index is -0.817. The van der Waals surface area contributed by atoms with Gasteiger partial charge in [-0.1, -0.05) is 54.9 Å². The van der Waals surface area contributed by atoms with Crippen molar-refractivity contribution in [1.82, 2.24) is 29.9 Å². The molecule has 9 nitrogen and oxygen atoms in total. The lowest BCUT2D eigenvalue weighted by atomic mass is 9.84. The number of halogens is 1. The number of benzene rings is 1. The fraction of sp³-hybridized carbons (Fsp3) is 0.280. The Morgan fingerprint density at radius 1 is 1.09 bits per heavy atom. The zero-order chi connectivity index (χ0) is 25.2. The van der Waals surface area contributed by atoms with Gasteiger partial charge >= 0.3 is 5.97 Å². The van der Waals surface area contributed by atoms with E-state index in [1.165, 1.54) is 0 Å². The lowest BCUT2D eigenvalue weighted by Crippen LogP contribution is -2.21. The molecule has 0 amide bonds. The van der Waals surface area contributed by atoms with E-state index in [2.05, 4.69) is 20.3 Å². The number of anilines is 1. The number of aromatic nitrogens is 6. The molecule has 3 N–H and O–H groups in total. The van der Waals surface area contributed by atoms with Crippen LogP contribution in [-0.2, 0) is 16.8 Å². The lowest BCUT2D eigenvalue weighted by molar-refractivity contribution is -0.137. The summed E-state index contributed by atoms with van der Waals surface area (Å²) in [5.74, 6) is -0.704. The molecule has 0 aliphatic rings. The highest BCUT2D eigenvalue weighted by Crippen LogP contribution is 2.31. The van der Waals surface area contributed by atoms with Gasteiger partial charge in [-0.15, -0.1) is 5.10 Å². The van der Waals surface area contributed by atoms with Crippen molar-refractivity contribution in [3.05, 3.63) is 70.6 Å². The number of nitrogens with zero attached hydrogens (tertiary/aromatic N) is 6. The van der Waals surface area contributed by atoms with Crippen molar-refractivity contribution in [3.63, 3.8) is 0 Å². The molecule has 0 aliphatic heterocycles. The third-order valence-corrected chi connectivity index (χ3v) is 6.30. The van der Waals surface area contributed by atoms with E-state index in [9.17, 15) is 4.79 Å². The van der Waals surface area contributed by atoms with Crippen LogP contribution in [0.15, 0.2) is 48.7 Å².